The minimum atomic E-state index is -4.09. The van der Waals surface area contributed by atoms with Crippen LogP contribution in [-0.4, -0.2) is 37.1 Å². The molecular formula is C20H25ClN4O4S. The lowest BCUT2D eigenvalue weighted by molar-refractivity contribution is -0.120. The summed E-state index contributed by atoms with van der Waals surface area (Å²) in [5.74, 6) is 1.99. The highest BCUT2D eigenvalue weighted by molar-refractivity contribution is 7.92. The fourth-order valence-electron chi connectivity index (χ4n) is 4.85. The molecule has 0 saturated heterocycles. The zero-order valence-corrected chi connectivity index (χ0v) is 18.5. The van der Waals surface area contributed by atoms with Gasteiger partial charge in [-0.2, -0.15) is 0 Å². The SMILES string of the molecule is Cc1cc(N(CC(=O)NC(C)C2CC3CCC2C3)S(=O)(=O)c2ccc(Cl)nc2)no1. The maximum Gasteiger partial charge on any atom is 0.267 e. The zero-order chi connectivity index (χ0) is 21.5. The topological polar surface area (TPSA) is 105 Å². The molecule has 10 heteroatoms. The van der Waals surface area contributed by atoms with Crippen LogP contribution in [0, 0.1) is 24.7 Å². The van der Waals surface area contributed by atoms with Gasteiger partial charge in [0.25, 0.3) is 10.0 Å². The van der Waals surface area contributed by atoms with Crippen LogP contribution in [0.5, 0.6) is 0 Å². The summed E-state index contributed by atoms with van der Waals surface area (Å²) in [6, 6.07) is 4.21. The Bertz CT molecular complexity index is 1020. The lowest BCUT2D eigenvalue weighted by Gasteiger charge is -2.29. The average Bonchev–Trinajstić information content (AvgIpc) is 3.43. The van der Waals surface area contributed by atoms with Gasteiger partial charge in [0.1, 0.15) is 22.4 Å². The Labute approximate surface area is 181 Å². The van der Waals surface area contributed by atoms with Crippen molar-refractivity contribution in [3.63, 3.8) is 0 Å². The quantitative estimate of drug-likeness (QED) is 0.647. The van der Waals surface area contributed by atoms with Crippen molar-refractivity contribution >= 4 is 33.3 Å². The lowest BCUT2D eigenvalue weighted by atomic mass is 9.84. The molecule has 1 amide bonds. The lowest BCUT2D eigenvalue weighted by Crippen LogP contribution is -2.46. The van der Waals surface area contributed by atoms with Gasteiger partial charge in [0.15, 0.2) is 5.82 Å². The number of pyridine rings is 1. The van der Waals surface area contributed by atoms with Crippen molar-refractivity contribution in [3.05, 3.63) is 35.3 Å². The predicted octanol–water partition coefficient (Wildman–Crippen LogP) is 3.17. The monoisotopic (exact) mass is 452 g/mol. The van der Waals surface area contributed by atoms with Crippen LogP contribution in [0.25, 0.3) is 0 Å². The molecule has 2 aliphatic carbocycles. The number of amides is 1. The summed E-state index contributed by atoms with van der Waals surface area (Å²) in [5, 5.41) is 6.99. The molecule has 0 radical (unpaired) electrons. The number of hydrogen-bond donors (Lipinski definition) is 1. The Balaban J connectivity index is 1.53. The number of carbonyl (C=O) groups is 1. The van der Waals surface area contributed by atoms with E-state index >= 15 is 0 Å². The smallest absolute Gasteiger partial charge is 0.267 e. The Kier molecular flexibility index (Phi) is 5.76. The van der Waals surface area contributed by atoms with Crippen LogP contribution in [0.1, 0.15) is 38.4 Å². The summed E-state index contributed by atoms with van der Waals surface area (Å²) in [6.07, 6.45) is 6.04. The molecule has 4 rings (SSSR count). The second-order valence-electron chi connectivity index (χ2n) is 8.32. The number of nitrogens with zero attached hydrogens (tertiary/aromatic N) is 3. The van der Waals surface area contributed by atoms with Crippen LogP contribution < -0.4 is 9.62 Å². The summed E-state index contributed by atoms with van der Waals surface area (Å²) in [4.78, 5) is 16.6. The highest BCUT2D eigenvalue weighted by atomic mass is 35.5. The van der Waals surface area contributed by atoms with Gasteiger partial charge in [-0.25, -0.2) is 17.7 Å². The third-order valence-electron chi connectivity index (χ3n) is 6.27. The Morgan fingerprint density at radius 3 is 2.73 bits per heavy atom. The van der Waals surface area contributed by atoms with E-state index < -0.39 is 16.6 Å². The Morgan fingerprint density at radius 1 is 1.37 bits per heavy atom. The molecule has 162 valence electrons. The summed E-state index contributed by atoms with van der Waals surface area (Å²) >= 11 is 5.78. The van der Waals surface area contributed by atoms with Crippen molar-refractivity contribution in [2.45, 2.75) is 50.5 Å². The maximum absolute atomic E-state index is 13.2. The molecule has 30 heavy (non-hydrogen) atoms. The first kappa shape index (κ1) is 21.1. The molecule has 2 aromatic rings. The van der Waals surface area contributed by atoms with Gasteiger partial charge in [0.2, 0.25) is 5.91 Å². The minimum Gasteiger partial charge on any atom is -0.360 e. The van der Waals surface area contributed by atoms with Crippen LogP contribution in [0.3, 0.4) is 0 Å². The van der Waals surface area contributed by atoms with E-state index in [4.69, 9.17) is 16.1 Å². The summed E-state index contributed by atoms with van der Waals surface area (Å²) in [5.41, 5.74) is 0. The van der Waals surface area contributed by atoms with Crippen molar-refractivity contribution in [1.29, 1.82) is 0 Å². The Morgan fingerprint density at radius 2 is 2.17 bits per heavy atom. The van der Waals surface area contributed by atoms with Crippen LogP contribution in [0.15, 0.2) is 33.8 Å². The van der Waals surface area contributed by atoms with E-state index in [1.807, 2.05) is 6.92 Å². The van der Waals surface area contributed by atoms with Gasteiger partial charge in [0, 0.05) is 18.3 Å². The molecule has 8 nitrogen and oxygen atoms in total. The highest BCUT2D eigenvalue weighted by Crippen LogP contribution is 2.49. The van der Waals surface area contributed by atoms with Gasteiger partial charge in [0.05, 0.1) is 0 Å². The number of anilines is 1. The summed E-state index contributed by atoms with van der Waals surface area (Å²) < 4.78 is 32.4. The van der Waals surface area contributed by atoms with Crippen LogP contribution in [0.4, 0.5) is 5.82 Å². The van der Waals surface area contributed by atoms with E-state index in [9.17, 15) is 13.2 Å². The molecule has 0 aliphatic heterocycles. The highest BCUT2D eigenvalue weighted by Gasteiger charge is 2.42. The third-order valence-corrected chi connectivity index (χ3v) is 8.23. The largest absolute Gasteiger partial charge is 0.360 e. The molecule has 1 N–H and O–H groups in total. The van der Waals surface area contributed by atoms with Crippen molar-refractivity contribution in [2.24, 2.45) is 17.8 Å². The molecule has 0 spiro atoms. The van der Waals surface area contributed by atoms with E-state index in [2.05, 4.69) is 15.5 Å². The molecule has 2 heterocycles. The number of nitrogens with one attached hydrogen (secondary N) is 1. The fraction of sp³-hybridized carbons (Fsp3) is 0.550. The second kappa shape index (κ2) is 8.19. The van der Waals surface area contributed by atoms with E-state index in [-0.39, 0.29) is 27.8 Å². The predicted molar refractivity (Wildman–Crippen MR) is 112 cm³/mol. The molecule has 2 aliphatic rings. The van der Waals surface area contributed by atoms with Gasteiger partial charge in [-0.05, 0) is 63.0 Å². The average molecular weight is 453 g/mol. The van der Waals surface area contributed by atoms with E-state index in [1.54, 1.807) is 6.92 Å². The van der Waals surface area contributed by atoms with E-state index in [0.717, 1.165) is 22.8 Å². The number of sulfonamides is 1. The van der Waals surface area contributed by atoms with Crippen molar-refractivity contribution in [2.75, 3.05) is 10.8 Å². The van der Waals surface area contributed by atoms with Gasteiger partial charge >= 0.3 is 0 Å². The molecule has 2 bridgehead atoms. The van der Waals surface area contributed by atoms with Crippen molar-refractivity contribution in [1.82, 2.24) is 15.5 Å². The molecule has 2 saturated carbocycles. The molecular weight excluding hydrogens is 428 g/mol. The summed E-state index contributed by atoms with van der Waals surface area (Å²) in [7, 11) is -4.09. The normalized spacial score (nSPS) is 24.0. The number of fused-ring (bicyclic) bond motifs is 2. The minimum absolute atomic E-state index is 0.00593. The number of hydrogen-bond acceptors (Lipinski definition) is 6. The first-order chi connectivity index (χ1) is 14.2. The van der Waals surface area contributed by atoms with Gasteiger partial charge < -0.3 is 9.84 Å². The van der Waals surface area contributed by atoms with E-state index in [0.29, 0.717) is 17.6 Å². The second-order valence-corrected chi connectivity index (χ2v) is 10.6. The molecule has 2 aromatic heterocycles. The Hall–Kier alpha value is -2.13. The number of aryl methyl sites for hydroxylation is 1. The summed E-state index contributed by atoms with van der Waals surface area (Å²) in [6.45, 7) is 3.26. The number of aromatic nitrogens is 2. The van der Waals surface area contributed by atoms with Gasteiger partial charge in [-0.15, -0.1) is 0 Å². The fourth-order valence-corrected chi connectivity index (χ4v) is 6.26. The number of rotatable bonds is 7. The van der Waals surface area contributed by atoms with Gasteiger partial charge in [-0.1, -0.05) is 23.2 Å². The number of halogens is 1. The third kappa shape index (κ3) is 4.18. The van der Waals surface area contributed by atoms with Crippen molar-refractivity contribution < 1.29 is 17.7 Å². The van der Waals surface area contributed by atoms with Gasteiger partial charge in [-0.3, -0.25) is 4.79 Å². The first-order valence-electron chi connectivity index (χ1n) is 10.1. The number of carbonyl (C=O) groups excluding carboxylic acids is 1. The zero-order valence-electron chi connectivity index (χ0n) is 16.9. The molecule has 4 unspecified atom stereocenters. The van der Waals surface area contributed by atoms with E-state index in [1.165, 1.54) is 37.5 Å². The first-order valence-corrected chi connectivity index (χ1v) is 11.9. The maximum atomic E-state index is 13.2. The van der Waals surface area contributed by atoms with Crippen LogP contribution in [0.2, 0.25) is 5.15 Å². The molecule has 2 fully saturated rings. The molecule has 0 aromatic carbocycles. The molecule has 4 atom stereocenters. The standard InChI is InChI=1S/C20H25ClN4O4S/c1-12-7-19(24-29-12)25(30(27,28)16-5-6-18(21)22-10-16)11-20(26)23-13(2)17-9-14-3-4-15(17)8-14/h5-7,10,13-15,17H,3-4,8-9,11H2,1-2H3,(H,23,26). The van der Waals surface area contributed by atoms with Crippen molar-refractivity contribution in [3.8, 4) is 0 Å². The van der Waals surface area contributed by atoms with Crippen LogP contribution >= 0.6 is 11.6 Å². The van der Waals surface area contributed by atoms with Crippen LogP contribution in [-0.2, 0) is 14.8 Å².